The molecule has 73 heavy (non-hydrogen) atoms. The lowest BCUT2D eigenvalue weighted by Gasteiger charge is -2.18. The molecule has 0 saturated carbocycles. The summed E-state index contributed by atoms with van der Waals surface area (Å²) >= 11 is 0. The van der Waals surface area contributed by atoms with Crippen molar-refractivity contribution < 1.29 is 28.6 Å². The lowest BCUT2D eigenvalue weighted by Crippen LogP contribution is -2.30. The van der Waals surface area contributed by atoms with Crippen molar-refractivity contribution in [2.75, 3.05) is 13.2 Å². The molecule has 0 N–H and O–H groups in total. The summed E-state index contributed by atoms with van der Waals surface area (Å²) in [5.74, 6) is 1.71. The molecule has 0 aromatic heterocycles. The highest BCUT2D eigenvalue weighted by molar-refractivity contribution is 5.71. The zero-order valence-corrected chi connectivity index (χ0v) is 50.4. The van der Waals surface area contributed by atoms with Crippen LogP contribution in [0.4, 0.5) is 0 Å². The largest absolute Gasteiger partial charge is 0.462 e. The molecule has 0 fully saturated rings. The molecule has 0 heterocycles. The molecule has 434 valence electrons. The highest BCUT2D eigenvalue weighted by Gasteiger charge is 2.19. The summed E-state index contributed by atoms with van der Waals surface area (Å²) in [6.07, 6.45) is 63.9. The van der Waals surface area contributed by atoms with E-state index < -0.39 is 6.10 Å². The normalized spacial score (nSPS) is 12.1. The third-order valence-corrected chi connectivity index (χ3v) is 15.4. The van der Waals surface area contributed by atoms with Gasteiger partial charge in [-0.05, 0) is 37.0 Å². The summed E-state index contributed by atoms with van der Waals surface area (Å²) in [7, 11) is 0. The first-order chi connectivity index (χ1) is 35.6. The lowest BCUT2D eigenvalue weighted by atomic mass is 10.0. The van der Waals surface area contributed by atoms with E-state index in [9.17, 15) is 14.4 Å². The predicted molar refractivity (Wildman–Crippen MR) is 316 cm³/mol. The van der Waals surface area contributed by atoms with Crippen molar-refractivity contribution in [2.45, 2.75) is 382 Å². The minimum atomic E-state index is -0.765. The maximum Gasteiger partial charge on any atom is 0.306 e. The molecule has 0 unspecified atom stereocenters. The van der Waals surface area contributed by atoms with Gasteiger partial charge in [-0.3, -0.25) is 14.4 Å². The Morgan fingerprint density at radius 1 is 0.233 bits per heavy atom. The quantitative estimate of drug-likeness (QED) is 0.0343. The zero-order valence-electron chi connectivity index (χ0n) is 50.4. The maximum atomic E-state index is 12.9. The van der Waals surface area contributed by atoms with E-state index in [0.29, 0.717) is 19.3 Å². The molecule has 0 saturated heterocycles. The number of esters is 3. The van der Waals surface area contributed by atoms with Gasteiger partial charge < -0.3 is 14.2 Å². The fraction of sp³-hybridized carbons (Fsp3) is 0.955. The van der Waals surface area contributed by atoms with E-state index in [1.54, 1.807) is 0 Å². The van der Waals surface area contributed by atoms with Crippen LogP contribution >= 0.6 is 0 Å². The van der Waals surface area contributed by atoms with Crippen LogP contribution in [0.2, 0.25) is 0 Å². The van der Waals surface area contributed by atoms with Crippen LogP contribution in [0.3, 0.4) is 0 Å². The van der Waals surface area contributed by atoms with E-state index in [1.165, 1.54) is 257 Å². The van der Waals surface area contributed by atoms with Crippen LogP contribution in [0.15, 0.2) is 0 Å². The Labute approximate surface area is 457 Å². The van der Waals surface area contributed by atoms with Gasteiger partial charge in [0.15, 0.2) is 6.10 Å². The zero-order chi connectivity index (χ0) is 53.3. The monoisotopic (exact) mass is 1030 g/mol. The SMILES string of the molecule is CC(C)CCCCCCCCCCCCCCCCCCCCC(=O)OC[C@H](COC(=O)CCCCCCCCCCCCCCCCCC(C)C)OC(=O)CCCCCCCCCCCCCCCC(C)C. The first kappa shape index (κ1) is 71.4. The number of unbranched alkanes of at least 4 members (excludes halogenated alkanes) is 43. The Morgan fingerprint density at radius 3 is 0.589 bits per heavy atom. The number of carbonyl (C=O) groups excluding carboxylic acids is 3. The summed E-state index contributed by atoms with van der Waals surface area (Å²) in [5, 5.41) is 0. The van der Waals surface area contributed by atoms with Gasteiger partial charge in [0.25, 0.3) is 0 Å². The summed E-state index contributed by atoms with van der Waals surface area (Å²) < 4.78 is 17.0. The highest BCUT2D eigenvalue weighted by atomic mass is 16.6. The first-order valence-electron chi connectivity index (χ1n) is 33.1. The molecule has 0 amide bonds. The molecule has 0 bridgehead atoms. The Kier molecular flexibility index (Phi) is 56.8. The minimum absolute atomic E-state index is 0.0623. The van der Waals surface area contributed by atoms with Crippen molar-refractivity contribution >= 4 is 17.9 Å². The third kappa shape index (κ3) is 61.1. The summed E-state index contributed by atoms with van der Waals surface area (Å²) in [6.45, 7) is 13.8. The Hall–Kier alpha value is -1.59. The van der Waals surface area contributed by atoms with Gasteiger partial charge >= 0.3 is 17.9 Å². The van der Waals surface area contributed by atoms with Crippen LogP contribution in [-0.4, -0.2) is 37.2 Å². The van der Waals surface area contributed by atoms with Gasteiger partial charge in [-0.1, -0.05) is 337 Å². The topological polar surface area (TPSA) is 78.9 Å². The van der Waals surface area contributed by atoms with Crippen LogP contribution in [0.5, 0.6) is 0 Å². The highest BCUT2D eigenvalue weighted by Crippen LogP contribution is 2.19. The second-order valence-corrected chi connectivity index (χ2v) is 24.5. The van der Waals surface area contributed by atoms with Gasteiger partial charge in [0.1, 0.15) is 13.2 Å². The molecule has 6 heteroatoms. The van der Waals surface area contributed by atoms with Crippen LogP contribution in [0, 0.1) is 17.8 Å². The molecule has 6 nitrogen and oxygen atoms in total. The minimum Gasteiger partial charge on any atom is -0.462 e. The third-order valence-electron chi connectivity index (χ3n) is 15.4. The van der Waals surface area contributed by atoms with Crippen LogP contribution in [0.25, 0.3) is 0 Å². The van der Waals surface area contributed by atoms with Crippen molar-refractivity contribution in [3.8, 4) is 0 Å². The van der Waals surface area contributed by atoms with Crippen LogP contribution in [-0.2, 0) is 28.6 Å². The van der Waals surface area contributed by atoms with Crippen molar-refractivity contribution in [1.29, 1.82) is 0 Å². The Balaban J connectivity index is 4.27. The van der Waals surface area contributed by atoms with Gasteiger partial charge in [0.2, 0.25) is 0 Å². The fourth-order valence-corrected chi connectivity index (χ4v) is 10.4. The molecule has 0 aliphatic rings. The Morgan fingerprint density at radius 2 is 0.397 bits per heavy atom. The van der Waals surface area contributed by atoms with Crippen molar-refractivity contribution in [3.63, 3.8) is 0 Å². The van der Waals surface area contributed by atoms with Gasteiger partial charge in [0, 0.05) is 19.3 Å². The van der Waals surface area contributed by atoms with Gasteiger partial charge in [0.05, 0.1) is 0 Å². The summed E-state index contributed by atoms with van der Waals surface area (Å²) in [6, 6.07) is 0. The number of ether oxygens (including phenoxy) is 3. The van der Waals surface area contributed by atoms with E-state index in [2.05, 4.69) is 41.5 Å². The standard InChI is InChI=1S/C67H130O6/c1-61(2)53-47-41-35-29-23-17-12-9-7-8-10-14-20-26-32-38-44-50-56-65(68)71-59-64(73-67(70)58-52-46-40-34-28-22-16-19-25-31-37-43-49-55-63(5)6)60-72-66(69)57-51-45-39-33-27-21-15-11-13-18-24-30-36-42-48-54-62(3)4/h61-64H,7-60H2,1-6H3/t64-/m1/s1. The average molecular weight is 1030 g/mol. The van der Waals surface area contributed by atoms with E-state index in [1.807, 2.05) is 0 Å². The molecule has 0 aliphatic heterocycles. The van der Waals surface area contributed by atoms with Crippen molar-refractivity contribution in [1.82, 2.24) is 0 Å². The molecule has 1 atom stereocenters. The maximum absolute atomic E-state index is 12.9. The second kappa shape index (κ2) is 58.1. The first-order valence-corrected chi connectivity index (χ1v) is 33.1. The van der Waals surface area contributed by atoms with E-state index in [4.69, 9.17) is 14.2 Å². The van der Waals surface area contributed by atoms with Crippen molar-refractivity contribution in [3.05, 3.63) is 0 Å². The van der Waals surface area contributed by atoms with Crippen molar-refractivity contribution in [2.24, 2.45) is 17.8 Å². The molecule has 0 aromatic carbocycles. The number of hydrogen-bond acceptors (Lipinski definition) is 6. The molecule has 0 radical (unpaired) electrons. The smallest absolute Gasteiger partial charge is 0.306 e. The number of hydrogen-bond donors (Lipinski definition) is 0. The van der Waals surface area contributed by atoms with Gasteiger partial charge in [-0.2, -0.15) is 0 Å². The molecular formula is C67H130O6. The van der Waals surface area contributed by atoms with E-state index in [0.717, 1.165) is 75.5 Å². The average Bonchev–Trinajstić information content (AvgIpc) is 3.35. The summed E-state index contributed by atoms with van der Waals surface area (Å²) in [4.78, 5) is 38.4. The number of rotatable bonds is 60. The molecule has 0 aliphatic carbocycles. The van der Waals surface area contributed by atoms with Gasteiger partial charge in [-0.15, -0.1) is 0 Å². The molecule has 0 rings (SSSR count). The molecule has 0 spiro atoms. The van der Waals surface area contributed by atoms with Gasteiger partial charge in [-0.25, -0.2) is 0 Å². The second-order valence-electron chi connectivity index (χ2n) is 24.5. The lowest BCUT2D eigenvalue weighted by molar-refractivity contribution is -0.167. The fourth-order valence-electron chi connectivity index (χ4n) is 10.4. The van der Waals surface area contributed by atoms with E-state index in [-0.39, 0.29) is 31.1 Å². The van der Waals surface area contributed by atoms with Crippen LogP contribution < -0.4 is 0 Å². The number of carbonyl (C=O) groups is 3. The predicted octanol–water partition coefficient (Wildman–Crippen LogP) is 22.2. The van der Waals surface area contributed by atoms with E-state index >= 15 is 0 Å². The summed E-state index contributed by atoms with van der Waals surface area (Å²) in [5.41, 5.74) is 0. The van der Waals surface area contributed by atoms with Crippen LogP contribution in [0.1, 0.15) is 375 Å². The molecular weight excluding hydrogens is 901 g/mol. The molecule has 0 aromatic rings. The Bertz CT molecular complexity index is 1130.